The van der Waals surface area contributed by atoms with Gasteiger partial charge in [0, 0.05) is 10.3 Å². The lowest BCUT2D eigenvalue weighted by Crippen LogP contribution is -2.15. The van der Waals surface area contributed by atoms with E-state index in [0.717, 1.165) is 6.08 Å². The van der Waals surface area contributed by atoms with Gasteiger partial charge in [-0.15, -0.1) is 25.3 Å². The van der Waals surface area contributed by atoms with Crippen molar-refractivity contribution in [2.45, 2.75) is 6.10 Å². The maximum absolute atomic E-state index is 9.64. The van der Waals surface area contributed by atoms with Crippen LogP contribution in [0.4, 0.5) is 0 Å². The van der Waals surface area contributed by atoms with Crippen LogP contribution in [0.5, 0.6) is 0 Å². The third-order valence-electron chi connectivity index (χ3n) is 0.674. The number of carboxylic acids is 1. The average molecular weight is 228 g/mol. The number of hydrogen-bond acceptors (Lipinski definition) is 6. The molecule has 78 valence electrons. The normalized spacial score (nSPS) is 8.77. The van der Waals surface area contributed by atoms with Gasteiger partial charge in [0.05, 0.1) is 13.2 Å². The van der Waals surface area contributed by atoms with Gasteiger partial charge < -0.3 is 20.4 Å². The zero-order valence-corrected chi connectivity index (χ0v) is 8.45. The first kappa shape index (κ1) is 15.3. The first-order valence-corrected chi connectivity index (χ1v) is 4.05. The van der Waals surface area contributed by atoms with Crippen LogP contribution in [0.3, 0.4) is 0 Å². The van der Waals surface area contributed by atoms with Crippen LogP contribution in [0, 0.1) is 0 Å². The summed E-state index contributed by atoms with van der Waals surface area (Å²) >= 11 is 7.16. The Balaban J connectivity index is 0. The summed E-state index contributed by atoms with van der Waals surface area (Å²) in [5.74, 6) is -1.03. The second-order valence-electron chi connectivity index (χ2n) is 1.86. The van der Waals surface area contributed by atoms with Crippen LogP contribution < -0.4 is 0 Å². The number of aliphatic carboxylic acids is 1. The molecule has 5 nitrogen and oxygen atoms in total. The van der Waals surface area contributed by atoms with E-state index in [4.69, 9.17) is 20.4 Å². The summed E-state index contributed by atoms with van der Waals surface area (Å²) in [7, 11) is 0. The molecule has 0 atom stereocenters. The van der Waals surface area contributed by atoms with Gasteiger partial charge in [-0.25, -0.2) is 4.79 Å². The molecule has 0 aliphatic rings. The highest BCUT2D eigenvalue weighted by Crippen LogP contribution is 2.02. The summed E-state index contributed by atoms with van der Waals surface area (Å²) in [5, 5.41) is 31.9. The minimum Gasteiger partial charge on any atom is -0.478 e. The van der Waals surface area contributed by atoms with E-state index in [2.05, 4.69) is 25.3 Å². The summed E-state index contributed by atoms with van der Waals surface area (Å²) in [5.41, 5.74) is 0. The van der Waals surface area contributed by atoms with Crippen LogP contribution in [-0.4, -0.2) is 45.7 Å². The minimum absolute atomic E-state index is 0.201. The van der Waals surface area contributed by atoms with Gasteiger partial charge in [-0.1, -0.05) is 0 Å². The lowest BCUT2D eigenvalue weighted by atomic mass is 10.4. The predicted octanol–water partition coefficient (Wildman–Crippen LogP) is -0.896. The second-order valence-corrected chi connectivity index (χ2v) is 3.18. The molecule has 4 N–H and O–H groups in total. The van der Waals surface area contributed by atoms with Crippen molar-refractivity contribution < 1.29 is 25.2 Å². The standard InChI is InChI=1S/C3H8O3.C3H4O2S2/c4-1-3(6)2-5;4-2(5)1-3(6)7/h3-6H,1-2H2;1,6-7H,(H,4,5). The Morgan fingerprint density at radius 1 is 1.31 bits per heavy atom. The predicted molar refractivity (Wildman–Crippen MR) is 53.9 cm³/mol. The van der Waals surface area contributed by atoms with E-state index in [9.17, 15) is 4.79 Å². The first-order valence-electron chi connectivity index (χ1n) is 3.16. The van der Waals surface area contributed by atoms with E-state index in [-0.39, 0.29) is 17.5 Å². The van der Waals surface area contributed by atoms with Crippen molar-refractivity contribution >= 4 is 31.2 Å². The molecule has 0 aliphatic carbocycles. The van der Waals surface area contributed by atoms with Crippen LogP contribution in [0.15, 0.2) is 10.3 Å². The lowest BCUT2D eigenvalue weighted by molar-refractivity contribution is -0.131. The van der Waals surface area contributed by atoms with Crippen molar-refractivity contribution in [1.82, 2.24) is 0 Å². The molecule has 0 fully saturated rings. The average Bonchev–Trinajstić information content (AvgIpc) is 2.01. The quantitative estimate of drug-likeness (QED) is 0.278. The number of carboxylic acid groups (broad SMARTS) is 1. The van der Waals surface area contributed by atoms with Crippen LogP contribution >= 0.6 is 25.3 Å². The molecule has 0 aromatic heterocycles. The van der Waals surface area contributed by atoms with Gasteiger partial charge in [0.2, 0.25) is 0 Å². The maximum atomic E-state index is 9.64. The van der Waals surface area contributed by atoms with Crippen LogP contribution in [-0.2, 0) is 4.79 Å². The molecule has 13 heavy (non-hydrogen) atoms. The summed E-state index contributed by atoms with van der Waals surface area (Å²) in [4.78, 5) is 9.64. The number of aliphatic hydroxyl groups is 3. The molecule has 0 aromatic rings. The smallest absolute Gasteiger partial charge is 0.329 e. The number of hydrogen-bond donors (Lipinski definition) is 6. The van der Waals surface area contributed by atoms with E-state index >= 15 is 0 Å². The summed E-state index contributed by atoms with van der Waals surface area (Å²) in [6.45, 7) is -0.729. The molecule has 0 heterocycles. The van der Waals surface area contributed by atoms with Gasteiger partial charge in [0.1, 0.15) is 6.10 Å². The first-order chi connectivity index (χ1) is 5.93. The molecule has 0 bridgehead atoms. The van der Waals surface area contributed by atoms with Crippen molar-refractivity contribution in [2.24, 2.45) is 0 Å². The molecule has 0 spiro atoms. The SMILES string of the molecule is O=C(O)C=C(S)S.OCC(O)CO. The van der Waals surface area contributed by atoms with Crippen LogP contribution in [0.2, 0.25) is 0 Å². The number of rotatable bonds is 3. The monoisotopic (exact) mass is 228 g/mol. The molecule has 0 aromatic carbocycles. The minimum atomic E-state index is -1.03. The number of thiol groups is 2. The highest BCUT2D eigenvalue weighted by molar-refractivity contribution is 8.05. The fraction of sp³-hybridized carbons (Fsp3) is 0.500. The Kier molecular flexibility index (Phi) is 11.6. The summed E-state index contributed by atoms with van der Waals surface area (Å²) in [6, 6.07) is 0. The van der Waals surface area contributed by atoms with Crippen molar-refractivity contribution in [2.75, 3.05) is 13.2 Å². The Morgan fingerprint density at radius 3 is 1.69 bits per heavy atom. The molecule has 0 aliphatic heterocycles. The molecule has 0 saturated carbocycles. The van der Waals surface area contributed by atoms with E-state index in [1.807, 2.05) is 0 Å². The van der Waals surface area contributed by atoms with Crippen LogP contribution in [0.1, 0.15) is 0 Å². The zero-order valence-electron chi connectivity index (χ0n) is 6.66. The maximum Gasteiger partial charge on any atom is 0.329 e. The Hall–Kier alpha value is -0.210. The van der Waals surface area contributed by atoms with Gasteiger partial charge in [-0.05, 0) is 0 Å². The molecule has 0 amide bonds. The van der Waals surface area contributed by atoms with Crippen LogP contribution in [0.25, 0.3) is 0 Å². The second kappa shape index (κ2) is 9.87. The third-order valence-corrected chi connectivity index (χ3v) is 0.932. The van der Waals surface area contributed by atoms with Gasteiger partial charge in [-0.2, -0.15) is 0 Å². The van der Waals surface area contributed by atoms with Gasteiger partial charge in [0.25, 0.3) is 0 Å². The molecular weight excluding hydrogens is 216 g/mol. The molecule has 7 heteroatoms. The Morgan fingerprint density at radius 2 is 1.69 bits per heavy atom. The molecule has 0 unspecified atom stereocenters. The van der Waals surface area contributed by atoms with Crippen molar-refractivity contribution in [3.05, 3.63) is 10.3 Å². The van der Waals surface area contributed by atoms with Gasteiger partial charge >= 0.3 is 5.97 Å². The van der Waals surface area contributed by atoms with E-state index < -0.39 is 12.1 Å². The summed E-state index contributed by atoms with van der Waals surface area (Å²) in [6.07, 6.45) is -0.0586. The molecule has 0 radical (unpaired) electrons. The molecule has 0 saturated heterocycles. The summed E-state index contributed by atoms with van der Waals surface area (Å²) < 4.78 is 0.201. The van der Waals surface area contributed by atoms with Gasteiger partial charge in [0.15, 0.2) is 0 Å². The number of aliphatic hydroxyl groups excluding tert-OH is 3. The highest BCUT2D eigenvalue weighted by atomic mass is 32.2. The Labute approximate surface area is 86.5 Å². The van der Waals surface area contributed by atoms with E-state index in [1.165, 1.54) is 0 Å². The zero-order chi connectivity index (χ0) is 10.9. The number of carbonyl (C=O) groups is 1. The van der Waals surface area contributed by atoms with Crippen molar-refractivity contribution in [3.63, 3.8) is 0 Å². The third kappa shape index (κ3) is 18.6. The van der Waals surface area contributed by atoms with Crippen molar-refractivity contribution in [3.8, 4) is 0 Å². The van der Waals surface area contributed by atoms with Gasteiger partial charge in [-0.3, -0.25) is 0 Å². The topological polar surface area (TPSA) is 98.0 Å². The highest BCUT2D eigenvalue weighted by Gasteiger charge is 1.93. The Bertz CT molecular complexity index is 162. The molecule has 0 rings (SSSR count). The van der Waals surface area contributed by atoms with Crippen molar-refractivity contribution in [1.29, 1.82) is 0 Å². The molecular formula is C6H12O5S2. The fourth-order valence-corrected chi connectivity index (χ4v) is 0.389. The fourth-order valence-electron chi connectivity index (χ4n) is 0.168. The van der Waals surface area contributed by atoms with E-state index in [0.29, 0.717) is 0 Å². The largest absolute Gasteiger partial charge is 0.478 e. The lowest BCUT2D eigenvalue weighted by Gasteiger charge is -1.96. The van der Waals surface area contributed by atoms with E-state index in [1.54, 1.807) is 0 Å².